The smallest absolute Gasteiger partial charge is 0.274 e. The molecule has 0 radical (unpaired) electrons. The second kappa shape index (κ2) is 5.06. The van der Waals surface area contributed by atoms with E-state index in [4.69, 9.17) is 4.74 Å². The molecule has 2 aliphatic rings. The van der Waals surface area contributed by atoms with E-state index < -0.39 is 0 Å². The van der Waals surface area contributed by atoms with Crippen LogP contribution in [0.2, 0.25) is 0 Å². The number of ether oxygens (including phenoxy) is 1. The number of thiazole rings is 1. The maximum Gasteiger partial charge on any atom is 0.274 e. The summed E-state index contributed by atoms with van der Waals surface area (Å²) in [6.07, 6.45) is 3.93. The first-order valence-corrected chi connectivity index (χ1v) is 8.10. The molecule has 116 valence electrons. The summed E-state index contributed by atoms with van der Waals surface area (Å²) in [5.74, 6) is -0.0299. The summed E-state index contributed by atoms with van der Waals surface area (Å²) in [6, 6.07) is -0.0670. The third kappa shape index (κ3) is 2.10. The molecule has 4 rings (SSSR count). The summed E-state index contributed by atoms with van der Waals surface area (Å²) in [5, 5.41) is 1.93. The van der Waals surface area contributed by atoms with Crippen LogP contribution in [0.4, 0.5) is 0 Å². The minimum absolute atomic E-state index is 0.0670. The molecule has 0 spiro atoms. The second-order valence-corrected chi connectivity index (χ2v) is 6.53. The molecule has 2 fully saturated rings. The molecular formula is C14H16N4O3S. The Hall–Kier alpha value is -1.93. The number of amides is 2. The Bertz CT molecular complexity index is 711. The van der Waals surface area contributed by atoms with Crippen molar-refractivity contribution in [1.29, 1.82) is 0 Å². The van der Waals surface area contributed by atoms with Crippen molar-refractivity contribution >= 4 is 28.1 Å². The lowest BCUT2D eigenvalue weighted by Gasteiger charge is -2.24. The Morgan fingerprint density at radius 1 is 1.45 bits per heavy atom. The van der Waals surface area contributed by atoms with E-state index in [1.54, 1.807) is 23.0 Å². The Morgan fingerprint density at radius 3 is 3.14 bits per heavy atom. The minimum Gasteiger partial charge on any atom is -0.374 e. The molecule has 2 saturated heterocycles. The van der Waals surface area contributed by atoms with Gasteiger partial charge in [0.05, 0.1) is 25.2 Å². The van der Waals surface area contributed by atoms with Crippen molar-refractivity contribution in [1.82, 2.24) is 19.2 Å². The van der Waals surface area contributed by atoms with E-state index in [0.717, 1.165) is 4.96 Å². The fraction of sp³-hybridized carbons (Fsp3) is 0.500. The molecule has 2 aromatic rings. The number of hydrogen-bond acceptors (Lipinski definition) is 5. The summed E-state index contributed by atoms with van der Waals surface area (Å²) in [5.41, 5.74) is 0.442. The topological polar surface area (TPSA) is 67.2 Å². The van der Waals surface area contributed by atoms with Gasteiger partial charge in [0.2, 0.25) is 5.91 Å². The van der Waals surface area contributed by atoms with Crippen LogP contribution in [-0.2, 0) is 9.53 Å². The number of hydrogen-bond donors (Lipinski definition) is 0. The molecule has 4 heterocycles. The number of fused-ring (bicyclic) bond motifs is 2. The van der Waals surface area contributed by atoms with Crippen LogP contribution in [0, 0.1) is 0 Å². The van der Waals surface area contributed by atoms with Crippen LogP contribution < -0.4 is 0 Å². The Balaban J connectivity index is 1.55. The van der Waals surface area contributed by atoms with E-state index in [1.165, 1.54) is 11.3 Å². The van der Waals surface area contributed by atoms with Crippen LogP contribution in [0.15, 0.2) is 17.8 Å². The van der Waals surface area contributed by atoms with E-state index in [1.807, 2.05) is 16.0 Å². The highest BCUT2D eigenvalue weighted by molar-refractivity contribution is 7.15. The predicted molar refractivity (Wildman–Crippen MR) is 79.9 cm³/mol. The van der Waals surface area contributed by atoms with Crippen LogP contribution >= 0.6 is 11.3 Å². The number of carbonyl (C=O) groups excluding carboxylic acids is 2. The summed E-state index contributed by atoms with van der Waals surface area (Å²) >= 11 is 1.50. The van der Waals surface area contributed by atoms with Crippen LogP contribution in [0.1, 0.15) is 16.9 Å². The van der Waals surface area contributed by atoms with E-state index >= 15 is 0 Å². The molecule has 0 aromatic carbocycles. The zero-order valence-corrected chi connectivity index (χ0v) is 13.0. The van der Waals surface area contributed by atoms with Gasteiger partial charge in [-0.3, -0.25) is 14.0 Å². The quantitative estimate of drug-likeness (QED) is 0.766. The highest BCUT2D eigenvalue weighted by atomic mass is 32.1. The van der Waals surface area contributed by atoms with Crippen LogP contribution in [0.5, 0.6) is 0 Å². The largest absolute Gasteiger partial charge is 0.374 e. The molecular weight excluding hydrogens is 304 g/mol. The van der Waals surface area contributed by atoms with Gasteiger partial charge in [0, 0.05) is 37.9 Å². The predicted octanol–water partition coefficient (Wildman–Crippen LogP) is 0.467. The monoisotopic (exact) mass is 320 g/mol. The summed E-state index contributed by atoms with van der Waals surface area (Å²) < 4.78 is 7.59. The first kappa shape index (κ1) is 13.7. The van der Waals surface area contributed by atoms with Crippen molar-refractivity contribution in [2.75, 3.05) is 26.7 Å². The zero-order chi connectivity index (χ0) is 15.3. The maximum absolute atomic E-state index is 12.6. The van der Waals surface area contributed by atoms with Crippen LogP contribution in [-0.4, -0.2) is 69.9 Å². The molecule has 2 amide bonds. The normalized spacial score (nSPS) is 25.6. The van der Waals surface area contributed by atoms with Gasteiger partial charge in [-0.1, -0.05) is 0 Å². The van der Waals surface area contributed by atoms with Crippen molar-refractivity contribution in [3.05, 3.63) is 23.5 Å². The van der Waals surface area contributed by atoms with E-state index in [9.17, 15) is 9.59 Å². The molecule has 7 nitrogen and oxygen atoms in total. The van der Waals surface area contributed by atoms with Gasteiger partial charge < -0.3 is 14.5 Å². The maximum atomic E-state index is 12.6. The third-order valence-corrected chi connectivity index (χ3v) is 5.15. The third-order valence-electron chi connectivity index (χ3n) is 4.38. The van der Waals surface area contributed by atoms with E-state index in [0.29, 0.717) is 31.8 Å². The summed E-state index contributed by atoms with van der Waals surface area (Å²) in [4.78, 5) is 33.2. The Kier molecular flexibility index (Phi) is 3.16. The minimum atomic E-state index is -0.107. The Labute approximate surface area is 131 Å². The van der Waals surface area contributed by atoms with Crippen molar-refractivity contribution in [2.24, 2.45) is 0 Å². The highest BCUT2D eigenvalue weighted by Crippen LogP contribution is 2.23. The van der Waals surface area contributed by atoms with Crippen molar-refractivity contribution in [3.63, 3.8) is 0 Å². The average Bonchev–Trinajstić information content (AvgIpc) is 3.17. The van der Waals surface area contributed by atoms with Gasteiger partial charge >= 0.3 is 0 Å². The SMILES string of the molecule is CN1C(=O)CCO[C@H]2CN(C(=O)c3cn4ccsc4n3)C[C@@H]21. The molecule has 2 aliphatic heterocycles. The number of carbonyl (C=O) groups is 2. The lowest BCUT2D eigenvalue weighted by molar-refractivity contribution is -0.131. The highest BCUT2D eigenvalue weighted by Gasteiger charge is 2.42. The van der Waals surface area contributed by atoms with Crippen molar-refractivity contribution in [2.45, 2.75) is 18.6 Å². The number of aromatic nitrogens is 2. The average molecular weight is 320 g/mol. The van der Waals surface area contributed by atoms with Gasteiger partial charge in [-0.15, -0.1) is 11.3 Å². The van der Waals surface area contributed by atoms with Crippen molar-refractivity contribution < 1.29 is 14.3 Å². The first-order valence-electron chi connectivity index (χ1n) is 7.22. The second-order valence-electron chi connectivity index (χ2n) is 5.66. The van der Waals surface area contributed by atoms with Gasteiger partial charge in [-0.2, -0.15) is 0 Å². The van der Waals surface area contributed by atoms with Gasteiger partial charge in [0.1, 0.15) is 5.69 Å². The number of imidazole rings is 1. The fourth-order valence-electron chi connectivity index (χ4n) is 3.11. The van der Waals surface area contributed by atoms with E-state index in [2.05, 4.69) is 4.98 Å². The lowest BCUT2D eigenvalue weighted by Crippen LogP contribution is -2.43. The molecule has 0 unspecified atom stereocenters. The van der Waals surface area contributed by atoms with E-state index in [-0.39, 0.29) is 24.0 Å². The molecule has 0 bridgehead atoms. The number of likely N-dealkylation sites (tertiary alicyclic amines) is 1. The molecule has 22 heavy (non-hydrogen) atoms. The van der Waals surface area contributed by atoms with Gasteiger partial charge in [0.15, 0.2) is 4.96 Å². The fourth-order valence-corrected chi connectivity index (χ4v) is 3.81. The van der Waals surface area contributed by atoms with Gasteiger partial charge in [-0.25, -0.2) is 4.98 Å². The lowest BCUT2D eigenvalue weighted by atomic mass is 10.2. The molecule has 0 saturated carbocycles. The van der Waals surface area contributed by atoms with Gasteiger partial charge in [0.25, 0.3) is 5.91 Å². The van der Waals surface area contributed by atoms with Crippen LogP contribution in [0.3, 0.4) is 0 Å². The zero-order valence-electron chi connectivity index (χ0n) is 12.1. The summed E-state index contributed by atoms with van der Waals surface area (Å²) in [7, 11) is 1.79. The molecule has 0 N–H and O–H groups in total. The molecule has 2 aromatic heterocycles. The Morgan fingerprint density at radius 2 is 2.32 bits per heavy atom. The number of rotatable bonds is 1. The van der Waals surface area contributed by atoms with Crippen LogP contribution in [0.25, 0.3) is 4.96 Å². The van der Waals surface area contributed by atoms with Gasteiger partial charge in [-0.05, 0) is 0 Å². The first-order chi connectivity index (χ1) is 10.6. The number of likely N-dealkylation sites (N-methyl/N-ethyl adjacent to an activating group) is 1. The number of nitrogens with zero attached hydrogens (tertiary/aromatic N) is 4. The molecule has 0 aliphatic carbocycles. The molecule has 8 heteroatoms. The molecule has 2 atom stereocenters. The van der Waals surface area contributed by atoms with Crippen molar-refractivity contribution in [3.8, 4) is 0 Å². The standard InChI is InChI=1S/C14H16N4O3S/c1-16-10-7-18(8-11(10)21-4-2-12(16)19)13(20)9-6-17-3-5-22-14(17)15-9/h3,5-6,10-11H,2,4,7-8H2,1H3/t10-,11-/m0/s1. The summed E-state index contributed by atoms with van der Waals surface area (Å²) in [6.45, 7) is 1.43.